The Kier molecular flexibility index (Phi) is 5.54. The van der Waals surface area contributed by atoms with Crippen LogP contribution in [0.15, 0.2) is 69.7 Å². The van der Waals surface area contributed by atoms with E-state index < -0.39 is 0 Å². The summed E-state index contributed by atoms with van der Waals surface area (Å²) in [5, 5.41) is 11.3. The molecule has 2 aromatic carbocycles. The van der Waals surface area contributed by atoms with Crippen molar-refractivity contribution in [1.29, 1.82) is 0 Å². The first-order chi connectivity index (χ1) is 14.5. The molecule has 8 heteroatoms. The number of carbonyl (C=O) groups is 1. The number of furan rings is 1. The quantitative estimate of drug-likeness (QED) is 0.428. The minimum absolute atomic E-state index is 0.0815. The van der Waals surface area contributed by atoms with E-state index in [1.165, 1.54) is 6.26 Å². The molecule has 4 aromatic rings. The van der Waals surface area contributed by atoms with Crippen LogP contribution >= 0.6 is 11.6 Å². The first-order valence-electron chi connectivity index (χ1n) is 9.25. The highest BCUT2D eigenvalue weighted by atomic mass is 35.5. The van der Waals surface area contributed by atoms with E-state index in [2.05, 4.69) is 15.5 Å². The van der Waals surface area contributed by atoms with Gasteiger partial charge in [-0.2, -0.15) is 0 Å². The molecule has 152 valence electrons. The maximum atomic E-state index is 12.9. The predicted molar refractivity (Wildman–Crippen MR) is 113 cm³/mol. The fourth-order valence-electron chi connectivity index (χ4n) is 2.80. The Morgan fingerprint density at radius 1 is 1.07 bits per heavy atom. The number of nitrogens with one attached hydrogen (secondary N) is 1. The van der Waals surface area contributed by atoms with Crippen molar-refractivity contribution in [3.05, 3.63) is 71.4 Å². The summed E-state index contributed by atoms with van der Waals surface area (Å²) in [4.78, 5) is 12.9. The molecule has 1 N–H and O–H groups in total. The van der Waals surface area contributed by atoms with E-state index in [0.717, 1.165) is 0 Å². The van der Waals surface area contributed by atoms with Crippen molar-refractivity contribution in [3.8, 4) is 28.9 Å². The van der Waals surface area contributed by atoms with Gasteiger partial charge in [-0.3, -0.25) is 4.79 Å². The van der Waals surface area contributed by atoms with E-state index in [4.69, 9.17) is 25.2 Å². The molecule has 0 radical (unpaired) electrons. The Morgan fingerprint density at radius 2 is 1.90 bits per heavy atom. The number of rotatable bonds is 6. The van der Waals surface area contributed by atoms with Crippen molar-refractivity contribution in [2.75, 3.05) is 5.32 Å². The Bertz CT molecular complexity index is 1170. The van der Waals surface area contributed by atoms with E-state index in [0.29, 0.717) is 39.2 Å². The predicted octanol–water partition coefficient (Wildman–Crippen LogP) is 5.69. The van der Waals surface area contributed by atoms with Gasteiger partial charge in [-0.15, -0.1) is 10.2 Å². The van der Waals surface area contributed by atoms with Gasteiger partial charge in [0.2, 0.25) is 5.89 Å². The Morgan fingerprint density at radius 3 is 2.67 bits per heavy atom. The average molecular weight is 424 g/mol. The number of nitrogens with zero attached hydrogens (tertiary/aromatic N) is 2. The molecule has 0 bridgehead atoms. The molecule has 0 aliphatic heterocycles. The number of hydrogen-bond acceptors (Lipinski definition) is 6. The molecule has 0 saturated carbocycles. The van der Waals surface area contributed by atoms with Crippen molar-refractivity contribution in [1.82, 2.24) is 10.2 Å². The van der Waals surface area contributed by atoms with E-state index in [-0.39, 0.29) is 17.9 Å². The van der Waals surface area contributed by atoms with Crippen LogP contribution in [-0.4, -0.2) is 22.2 Å². The topological polar surface area (TPSA) is 90.4 Å². The maximum absolute atomic E-state index is 12.9. The van der Waals surface area contributed by atoms with Crippen LogP contribution in [0.1, 0.15) is 24.2 Å². The van der Waals surface area contributed by atoms with Crippen LogP contribution in [0.25, 0.3) is 23.1 Å². The van der Waals surface area contributed by atoms with Gasteiger partial charge in [0.15, 0.2) is 5.76 Å². The monoisotopic (exact) mass is 423 g/mol. The molecule has 0 aliphatic rings. The molecule has 2 heterocycles. The highest BCUT2D eigenvalue weighted by Gasteiger charge is 2.16. The zero-order valence-electron chi connectivity index (χ0n) is 16.3. The van der Waals surface area contributed by atoms with Crippen LogP contribution in [0.3, 0.4) is 0 Å². The standard InChI is InChI=1S/C22H18ClN3O4/c1-13(2)29-18-9-8-15(23)12-17(18)20(27)24-16-6-3-5-14(11-16)21-25-26-22(30-21)19-7-4-10-28-19/h3-13H,1-2H3,(H,24,27). The lowest BCUT2D eigenvalue weighted by atomic mass is 10.1. The summed E-state index contributed by atoms with van der Waals surface area (Å²) in [7, 11) is 0. The van der Waals surface area contributed by atoms with Crippen LogP contribution < -0.4 is 10.1 Å². The number of amides is 1. The first-order valence-corrected chi connectivity index (χ1v) is 9.63. The number of benzene rings is 2. The fraction of sp³-hybridized carbons (Fsp3) is 0.136. The molecule has 0 saturated heterocycles. The van der Waals surface area contributed by atoms with Gasteiger partial charge in [-0.25, -0.2) is 0 Å². The van der Waals surface area contributed by atoms with Gasteiger partial charge in [0.05, 0.1) is 17.9 Å². The molecule has 0 unspecified atom stereocenters. The van der Waals surface area contributed by atoms with Crippen molar-refractivity contribution < 1.29 is 18.4 Å². The number of anilines is 1. The van der Waals surface area contributed by atoms with E-state index in [1.807, 2.05) is 19.9 Å². The van der Waals surface area contributed by atoms with Crippen molar-refractivity contribution in [2.45, 2.75) is 20.0 Å². The molecule has 0 spiro atoms. The van der Waals surface area contributed by atoms with Crippen LogP contribution in [0.2, 0.25) is 5.02 Å². The van der Waals surface area contributed by atoms with E-state index in [9.17, 15) is 4.79 Å². The highest BCUT2D eigenvalue weighted by Crippen LogP contribution is 2.28. The second kappa shape index (κ2) is 8.42. The lowest BCUT2D eigenvalue weighted by Crippen LogP contribution is -2.15. The molecule has 0 atom stereocenters. The second-order valence-electron chi connectivity index (χ2n) is 6.73. The molecule has 7 nitrogen and oxygen atoms in total. The Hall–Kier alpha value is -3.58. The molecular weight excluding hydrogens is 406 g/mol. The summed E-state index contributed by atoms with van der Waals surface area (Å²) in [6, 6.07) is 15.5. The Balaban J connectivity index is 1.57. The molecular formula is C22H18ClN3O4. The highest BCUT2D eigenvalue weighted by molar-refractivity contribution is 6.31. The van der Waals surface area contributed by atoms with Crippen molar-refractivity contribution in [3.63, 3.8) is 0 Å². The van der Waals surface area contributed by atoms with Crippen LogP contribution in [0, 0.1) is 0 Å². The van der Waals surface area contributed by atoms with Gasteiger partial charge in [-0.1, -0.05) is 17.7 Å². The van der Waals surface area contributed by atoms with Gasteiger partial charge in [0.1, 0.15) is 5.75 Å². The third kappa shape index (κ3) is 4.36. The normalized spacial score (nSPS) is 10.9. The summed E-state index contributed by atoms with van der Waals surface area (Å²) < 4.78 is 16.7. The lowest BCUT2D eigenvalue weighted by Gasteiger charge is -2.14. The molecule has 2 aromatic heterocycles. The molecule has 30 heavy (non-hydrogen) atoms. The van der Waals surface area contributed by atoms with Gasteiger partial charge < -0.3 is 18.9 Å². The smallest absolute Gasteiger partial charge is 0.283 e. The largest absolute Gasteiger partial charge is 0.490 e. The number of carbonyl (C=O) groups excluding carboxylic acids is 1. The van der Waals surface area contributed by atoms with Crippen LogP contribution in [0.5, 0.6) is 5.75 Å². The molecule has 0 fully saturated rings. The van der Waals surface area contributed by atoms with Crippen molar-refractivity contribution in [2.24, 2.45) is 0 Å². The summed E-state index contributed by atoms with van der Waals surface area (Å²) in [5.74, 6) is 1.19. The maximum Gasteiger partial charge on any atom is 0.283 e. The molecule has 0 aliphatic carbocycles. The van der Waals surface area contributed by atoms with Gasteiger partial charge in [0, 0.05) is 16.3 Å². The number of hydrogen-bond donors (Lipinski definition) is 1. The van der Waals surface area contributed by atoms with Crippen molar-refractivity contribution >= 4 is 23.2 Å². The van der Waals surface area contributed by atoms with E-state index in [1.54, 1.807) is 48.5 Å². The lowest BCUT2D eigenvalue weighted by molar-refractivity contribution is 0.102. The summed E-state index contributed by atoms with van der Waals surface area (Å²) in [6.07, 6.45) is 1.45. The minimum atomic E-state index is -0.341. The third-order valence-corrected chi connectivity index (χ3v) is 4.31. The van der Waals surface area contributed by atoms with Crippen LogP contribution in [0.4, 0.5) is 5.69 Å². The summed E-state index contributed by atoms with van der Waals surface area (Å²) in [6.45, 7) is 3.78. The van der Waals surface area contributed by atoms with Crippen LogP contribution in [-0.2, 0) is 0 Å². The minimum Gasteiger partial charge on any atom is -0.490 e. The first kappa shape index (κ1) is 19.7. The number of aromatic nitrogens is 2. The zero-order valence-corrected chi connectivity index (χ0v) is 17.0. The molecule has 1 amide bonds. The number of ether oxygens (including phenoxy) is 1. The van der Waals surface area contributed by atoms with Gasteiger partial charge in [0.25, 0.3) is 11.8 Å². The summed E-state index contributed by atoms with van der Waals surface area (Å²) >= 11 is 6.08. The second-order valence-corrected chi connectivity index (χ2v) is 7.17. The molecule has 4 rings (SSSR count). The van der Waals surface area contributed by atoms with E-state index >= 15 is 0 Å². The average Bonchev–Trinajstić information content (AvgIpc) is 3.41. The summed E-state index contributed by atoms with van der Waals surface area (Å²) in [5.41, 5.74) is 1.56. The van der Waals surface area contributed by atoms with Gasteiger partial charge in [-0.05, 0) is 62.4 Å². The van der Waals surface area contributed by atoms with Gasteiger partial charge >= 0.3 is 0 Å². The zero-order chi connectivity index (χ0) is 21.1. The third-order valence-electron chi connectivity index (χ3n) is 4.07. The number of halogens is 1. The SMILES string of the molecule is CC(C)Oc1ccc(Cl)cc1C(=O)Nc1cccc(-c2nnc(-c3ccco3)o2)c1. The fourth-order valence-corrected chi connectivity index (χ4v) is 2.98. The Labute approximate surface area is 177 Å².